The summed E-state index contributed by atoms with van der Waals surface area (Å²) in [6.45, 7) is 15.2. The molecule has 0 aromatic rings. The smallest absolute Gasteiger partial charge is 0.308 e. The molecule has 20 heavy (non-hydrogen) atoms. The Hall–Kier alpha value is -0.650. The van der Waals surface area contributed by atoms with Crippen molar-refractivity contribution in [1.82, 2.24) is 9.80 Å². The summed E-state index contributed by atoms with van der Waals surface area (Å²) in [6.07, 6.45) is 0. The first-order valence-corrected chi connectivity index (χ1v) is 7.71. The average molecular weight is 286 g/mol. The van der Waals surface area contributed by atoms with Crippen molar-refractivity contribution in [3.8, 4) is 0 Å². The van der Waals surface area contributed by atoms with Gasteiger partial charge in [-0.1, -0.05) is 13.8 Å². The molecule has 1 saturated heterocycles. The zero-order valence-corrected chi connectivity index (χ0v) is 13.4. The van der Waals surface area contributed by atoms with E-state index in [1.165, 1.54) is 0 Å². The maximum atomic E-state index is 11.2. The van der Waals surface area contributed by atoms with E-state index in [1.54, 1.807) is 0 Å². The highest BCUT2D eigenvalue weighted by atomic mass is 16.6. The number of rotatable bonds is 8. The Morgan fingerprint density at radius 1 is 1.00 bits per heavy atom. The van der Waals surface area contributed by atoms with E-state index < -0.39 is 0 Å². The Kier molecular flexibility index (Phi) is 8.11. The number of ether oxygens (including phenoxy) is 2. The molecule has 0 saturated carbocycles. The van der Waals surface area contributed by atoms with Gasteiger partial charge >= 0.3 is 5.97 Å². The molecule has 0 atom stereocenters. The standard InChI is InChI=1S/C15H30N2O3/c1-13(2)15(18)20-12-11-19-10-9-16-5-7-17(8-6-16)14(3)4/h13-14H,5-12H2,1-4H3. The summed E-state index contributed by atoms with van der Waals surface area (Å²) >= 11 is 0. The van der Waals surface area contributed by atoms with Crippen LogP contribution >= 0.6 is 0 Å². The van der Waals surface area contributed by atoms with E-state index in [-0.39, 0.29) is 11.9 Å². The maximum Gasteiger partial charge on any atom is 0.308 e. The van der Waals surface area contributed by atoms with Gasteiger partial charge in [0.05, 0.1) is 19.1 Å². The number of piperazine rings is 1. The molecule has 1 heterocycles. The van der Waals surface area contributed by atoms with Gasteiger partial charge in [0, 0.05) is 38.8 Å². The van der Waals surface area contributed by atoms with Crippen molar-refractivity contribution in [2.24, 2.45) is 5.92 Å². The number of esters is 1. The highest BCUT2D eigenvalue weighted by Crippen LogP contribution is 2.05. The number of nitrogens with zero attached hydrogens (tertiary/aromatic N) is 2. The molecule has 1 rings (SSSR count). The fourth-order valence-corrected chi connectivity index (χ4v) is 2.17. The molecule has 0 unspecified atom stereocenters. The number of hydrogen-bond acceptors (Lipinski definition) is 5. The van der Waals surface area contributed by atoms with Crippen molar-refractivity contribution in [1.29, 1.82) is 0 Å². The normalized spacial score (nSPS) is 17.9. The van der Waals surface area contributed by atoms with Crippen molar-refractivity contribution in [2.75, 3.05) is 52.5 Å². The lowest BCUT2D eigenvalue weighted by Crippen LogP contribution is -2.49. The minimum atomic E-state index is -0.154. The Labute approximate surface area is 123 Å². The van der Waals surface area contributed by atoms with E-state index in [0.717, 1.165) is 32.7 Å². The van der Waals surface area contributed by atoms with Crippen LogP contribution in [0.15, 0.2) is 0 Å². The van der Waals surface area contributed by atoms with Crippen LogP contribution in [-0.4, -0.2) is 74.4 Å². The molecule has 0 aliphatic carbocycles. The SMILES string of the molecule is CC(C)C(=O)OCCOCCN1CCN(C(C)C)CC1. The molecule has 0 N–H and O–H groups in total. The summed E-state index contributed by atoms with van der Waals surface area (Å²) in [7, 11) is 0. The molecule has 5 nitrogen and oxygen atoms in total. The highest BCUT2D eigenvalue weighted by molar-refractivity contribution is 5.71. The van der Waals surface area contributed by atoms with E-state index >= 15 is 0 Å². The summed E-state index contributed by atoms with van der Waals surface area (Å²) in [6, 6.07) is 0.643. The molecule has 0 radical (unpaired) electrons. The summed E-state index contributed by atoms with van der Waals surface area (Å²) < 4.78 is 10.6. The first kappa shape index (κ1) is 17.4. The van der Waals surface area contributed by atoms with E-state index in [4.69, 9.17) is 9.47 Å². The zero-order chi connectivity index (χ0) is 15.0. The minimum Gasteiger partial charge on any atom is -0.463 e. The van der Waals surface area contributed by atoms with Crippen LogP contribution < -0.4 is 0 Å². The van der Waals surface area contributed by atoms with Gasteiger partial charge in [0.25, 0.3) is 0 Å². The van der Waals surface area contributed by atoms with Gasteiger partial charge in [-0.05, 0) is 13.8 Å². The van der Waals surface area contributed by atoms with Gasteiger partial charge in [-0.15, -0.1) is 0 Å². The lowest BCUT2D eigenvalue weighted by atomic mass is 10.2. The van der Waals surface area contributed by atoms with Crippen molar-refractivity contribution < 1.29 is 14.3 Å². The number of hydrogen-bond donors (Lipinski definition) is 0. The second kappa shape index (κ2) is 9.32. The van der Waals surface area contributed by atoms with Crippen LogP contribution in [0.3, 0.4) is 0 Å². The lowest BCUT2D eigenvalue weighted by Gasteiger charge is -2.36. The maximum absolute atomic E-state index is 11.2. The molecule has 0 spiro atoms. The Bertz CT molecular complexity index is 274. The molecule has 1 aliphatic heterocycles. The third-order valence-electron chi connectivity index (χ3n) is 3.63. The van der Waals surface area contributed by atoms with E-state index in [0.29, 0.717) is 25.9 Å². The van der Waals surface area contributed by atoms with Gasteiger partial charge in [-0.3, -0.25) is 14.6 Å². The fraction of sp³-hybridized carbons (Fsp3) is 0.933. The Balaban J connectivity index is 1.96. The van der Waals surface area contributed by atoms with Crippen molar-refractivity contribution in [3.63, 3.8) is 0 Å². The van der Waals surface area contributed by atoms with Crippen LogP contribution in [-0.2, 0) is 14.3 Å². The Morgan fingerprint density at radius 2 is 1.65 bits per heavy atom. The minimum absolute atomic E-state index is 0.0627. The van der Waals surface area contributed by atoms with Crippen molar-refractivity contribution in [3.05, 3.63) is 0 Å². The van der Waals surface area contributed by atoms with Crippen LogP contribution in [0.2, 0.25) is 0 Å². The monoisotopic (exact) mass is 286 g/mol. The van der Waals surface area contributed by atoms with Crippen LogP contribution in [0.1, 0.15) is 27.7 Å². The second-order valence-electron chi connectivity index (χ2n) is 5.91. The van der Waals surface area contributed by atoms with E-state index in [1.807, 2.05) is 13.8 Å². The van der Waals surface area contributed by atoms with Gasteiger partial charge in [-0.2, -0.15) is 0 Å². The third kappa shape index (κ3) is 6.68. The molecule has 0 amide bonds. The van der Waals surface area contributed by atoms with E-state index in [2.05, 4.69) is 23.6 Å². The van der Waals surface area contributed by atoms with Crippen molar-refractivity contribution >= 4 is 5.97 Å². The van der Waals surface area contributed by atoms with Gasteiger partial charge in [0.1, 0.15) is 6.61 Å². The predicted molar refractivity (Wildman–Crippen MR) is 79.8 cm³/mol. The fourth-order valence-electron chi connectivity index (χ4n) is 2.17. The third-order valence-corrected chi connectivity index (χ3v) is 3.63. The molecule has 0 bridgehead atoms. The molecule has 0 aromatic heterocycles. The summed E-state index contributed by atoms with van der Waals surface area (Å²) in [5.41, 5.74) is 0. The average Bonchev–Trinajstić information content (AvgIpc) is 2.42. The molecular formula is C15H30N2O3. The molecule has 1 aliphatic rings. The quantitative estimate of drug-likeness (QED) is 0.496. The van der Waals surface area contributed by atoms with Crippen LogP contribution in [0.5, 0.6) is 0 Å². The van der Waals surface area contributed by atoms with Gasteiger partial charge in [0.2, 0.25) is 0 Å². The molecule has 0 aromatic carbocycles. The zero-order valence-electron chi connectivity index (χ0n) is 13.4. The van der Waals surface area contributed by atoms with Gasteiger partial charge in [0.15, 0.2) is 0 Å². The second-order valence-corrected chi connectivity index (χ2v) is 5.91. The van der Waals surface area contributed by atoms with Crippen LogP contribution in [0.25, 0.3) is 0 Å². The first-order chi connectivity index (χ1) is 9.50. The Morgan fingerprint density at radius 3 is 2.20 bits per heavy atom. The highest BCUT2D eigenvalue weighted by Gasteiger charge is 2.18. The number of carbonyl (C=O) groups excluding carboxylic acids is 1. The molecule has 118 valence electrons. The van der Waals surface area contributed by atoms with E-state index in [9.17, 15) is 4.79 Å². The van der Waals surface area contributed by atoms with Gasteiger partial charge in [-0.25, -0.2) is 0 Å². The summed E-state index contributed by atoms with van der Waals surface area (Å²) in [5, 5.41) is 0. The summed E-state index contributed by atoms with van der Waals surface area (Å²) in [4.78, 5) is 16.2. The molecule has 1 fully saturated rings. The first-order valence-electron chi connectivity index (χ1n) is 7.71. The lowest BCUT2D eigenvalue weighted by molar-refractivity contribution is -0.148. The number of carbonyl (C=O) groups is 1. The van der Waals surface area contributed by atoms with Crippen LogP contribution in [0.4, 0.5) is 0 Å². The molecule has 5 heteroatoms. The van der Waals surface area contributed by atoms with Crippen molar-refractivity contribution in [2.45, 2.75) is 33.7 Å². The van der Waals surface area contributed by atoms with Crippen LogP contribution in [0, 0.1) is 5.92 Å². The topological polar surface area (TPSA) is 42.0 Å². The molecular weight excluding hydrogens is 256 g/mol. The summed E-state index contributed by atoms with van der Waals surface area (Å²) in [5.74, 6) is -0.217. The van der Waals surface area contributed by atoms with Gasteiger partial charge < -0.3 is 9.47 Å². The predicted octanol–water partition coefficient (Wildman–Crippen LogP) is 1.23. The largest absolute Gasteiger partial charge is 0.463 e.